The number of rotatable bonds is 7. The number of benzene rings is 1. The molecule has 1 aromatic carbocycles. The number of aromatic nitrogens is 1. The summed E-state index contributed by atoms with van der Waals surface area (Å²) < 4.78 is 0. The zero-order chi connectivity index (χ0) is 24.1. The zero-order valence-electron chi connectivity index (χ0n) is 19.0. The number of nitrogens with zero attached hydrogens (tertiary/aromatic N) is 3. The summed E-state index contributed by atoms with van der Waals surface area (Å²) in [5.41, 5.74) is 3.25. The highest BCUT2D eigenvalue weighted by molar-refractivity contribution is 8.00. The van der Waals surface area contributed by atoms with Gasteiger partial charge in [-0.1, -0.05) is 37.6 Å². The SMILES string of the molecule is CC[C@H](Sc1ccccc1N=Cc1cccnc1Cl)C(=O)Nc1sc2c(c1C#N)CC[C@@H](C)C2. The molecule has 34 heavy (non-hydrogen) atoms. The molecular weight excluding hydrogens is 484 g/mol. The number of thioether (sulfide) groups is 1. The number of fused-ring (bicyclic) bond motifs is 1. The van der Waals surface area contributed by atoms with E-state index < -0.39 is 0 Å². The van der Waals surface area contributed by atoms with Gasteiger partial charge >= 0.3 is 0 Å². The van der Waals surface area contributed by atoms with Crippen LogP contribution in [-0.2, 0) is 17.6 Å². The molecule has 2 heterocycles. The van der Waals surface area contributed by atoms with Gasteiger partial charge < -0.3 is 5.32 Å². The van der Waals surface area contributed by atoms with E-state index in [0.29, 0.717) is 28.1 Å². The van der Waals surface area contributed by atoms with Gasteiger partial charge in [0.2, 0.25) is 5.91 Å². The monoisotopic (exact) mass is 508 g/mol. The zero-order valence-corrected chi connectivity index (χ0v) is 21.4. The third-order valence-corrected chi connectivity index (χ3v) is 8.71. The summed E-state index contributed by atoms with van der Waals surface area (Å²) >= 11 is 9.18. The third-order valence-electron chi connectivity index (χ3n) is 5.79. The Kier molecular flexibility index (Phi) is 8.04. The number of thiophene rings is 1. The Morgan fingerprint density at radius 3 is 3.00 bits per heavy atom. The van der Waals surface area contributed by atoms with Crippen LogP contribution in [0.3, 0.4) is 0 Å². The average molecular weight is 509 g/mol. The molecule has 1 amide bonds. The fourth-order valence-electron chi connectivity index (χ4n) is 3.92. The Morgan fingerprint density at radius 2 is 2.24 bits per heavy atom. The van der Waals surface area contributed by atoms with Gasteiger partial charge in [0.1, 0.15) is 16.2 Å². The maximum atomic E-state index is 13.2. The molecule has 0 saturated carbocycles. The van der Waals surface area contributed by atoms with E-state index >= 15 is 0 Å². The molecule has 0 unspecified atom stereocenters. The normalized spacial score (nSPS) is 16.1. The van der Waals surface area contributed by atoms with Crippen molar-refractivity contribution in [1.82, 2.24) is 4.98 Å². The van der Waals surface area contributed by atoms with E-state index in [1.807, 2.05) is 43.3 Å². The van der Waals surface area contributed by atoms with Crippen LogP contribution in [0.5, 0.6) is 0 Å². The molecule has 0 bridgehead atoms. The van der Waals surface area contributed by atoms with Crippen LogP contribution in [0.4, 0.5) is 10.7 Å². The highest BCUT2D eigenvalue weighted by Gasteiger charge is 2.26. The number of pyridine rings is 1. The van der Waals surface area contributed by atoms with E-state index in [2.05, 4.69) is 28.3 Å². The van der Waals surface area contributed by atoms with Gasteiger partial charge in [0.25, 0.3) is 0 Å². The van der Waals surface area contributed by atoms with Crippen LogP contribution in [0.1, 0.15) is 48.3 Å². The Hall–Kier alpha value is -2.66. The van der Waals surface area contributed by atoms with Gasteiger partial charge in [-0.2, -0.15) is 5.26 Å². The van der Waals surface area contributed by atoms with E-state index in [4.69, 9.17) is 11.6 Å². The minimum Gasteiger partial charge on any atom is -0.316 e. The van der Waals surface area contributed by atoms with Gasteiger partial charge in [0, 0.05) is 27.7 Å². The minimum atomic E-state index is -0.317. The van der Waals surface area contributed by atoms with Crippen molar-refractivity contribution in [2.45, 2.75) is 49.7 Å². The Labute approximate surface area is 213 Å². The van der Waals surface area contributed by atoms with Gasteiger partial charge in [-0.05, 0) is 61.4 Å². The van der Waals surface area contributed by atoms with E-state index in [9.17, 15) is 10.1 Å². The molecule has 3 aromatic rings. The van der Waals surface area contributed by atoms with Gasteiger partial charge in [-0.3, -0.25) is 9.79 Å². The van der Waals surface area contributed by atoms with Crippen molar-refractivity contribution in [3.8, 4) is 6.07 Å². The first-order valence-corrected chi connectivity index (χ1v) is 13.3. The molecule has 8 heteroatoms. The second-order valence-electron chi connectivity index (χ2n) is 8.28. The summed E-state index contributed by atoms with van der Waals surface area (Å²) in [6, 6.07) is 13.7. The van der Waals surface area contributed by atoms with E-state index in [1.165, 1.54) is 16.6 Å². The Morgan fingerprint density at radius 1 is 1.41 bits per heavy atom. The van der Waals surface area contributed by atoms with Crippen molar-refractivity contribution in [1.29, 1.82) is 5.26 Å². The maximum absolute atomic E-state index is 13.2. The predicted octanol–water partition coefficient (Wildman–Crippen LogP) is 7.05. The summed E-state index contributed by atoms with van der Waals surface area (Å²) in [5, 5.41) is 13.6. The molecule has 0 spiro atoms. The van der Waals surface area contributed by atoms with Gasteiger partial charge in [-0.25, -0.2) is 4.98 Å². The molecule has 4 rings (SSSR count). The molecule has 2 aromatic heterocycles. The van der Waals surface area contributed by atoms with Gasteiger partial charge in [0.05, 0.1) is 16.5 Å². The quantitative estimate of drug-likeness (QED) is 0.210. The van der Waals surface area contributed by atoms with Crippen molar-refractivity contribution < 1.29 is 4.79 Å². The fraction of sp³-hybridized carbons (Fsp3) is 0.308. The molecule has 0 aliphatic heterocycles. The lowest BCUT2D eigenvalue weighted by Gasteiger charge is -2.17. The molecule has 0 fully saturated rings. The van der Waals surface area contributed by atoms with Crippen molar-refractivity contribution in [2.24, 2.45) is 10.9 Å². The van der Waals surface area contributed by atoms with Crippen molar-refractivity contribution in [3.63, 3.8) is 0 Å². The summed E-state index contributed by atoms with van der Waals surface area (Å²) in [5.74, 6) is 0.517. The molecule has 174 valence electrons. The number of anilines is 1. The smallest absolute Gasteiger partial charge is 0.238 e. The van der Waals surface area contributed by atoms with Crippen LogP contribution in [0, 0.1) is 17.2 Å². The predicted molar refractivity (Wildman–Crippen MR) is 142 cm³/mol. The minimum absolute atomic E-state index is 0.0928. The number of hydrogen-bond donors (Lipinski definition) is 1. The highest BCUT2D eigenvalue weighted by atomic mass is 35.5. The lowest BCUT2D eigenvalue weighted by Crippen LogP contribution is -2.24. The molecule has 1 aliphatic rings. The molecule has 5 nitrogen and oxygen atoms in total. The molecule has 0 saturated heterocycles. The maximum Gasteiger partial charge on any atom is 0.238 e. The fourth-order valence-corrected chi connectivity index (χ4v) is 6.49. The summed E-state index contributed by atoms with van der Waals surface area (Å²) in [4.78, 5) is 24.0. The second kappa shape index (κ2) is 11.2. The first-order valence-electron chi connectivity index (χ1n) is 11.3. The van der Waals surface area contributed by atoms with Crippen molar-refractivity contribution in [2.75, 3.05) is 5.32 Å². The van der Waals surface area contributed by atoms with Crippen LogP contribution in [0.15, 0.2) is 52.5 Å². The molecular formula is C26H25ClN4OS2. The average Bonchev–Trinajstić information content (AvgIpc) is 3.18. The highest BCUT2D eigenvalue weighted by Crippen LogP contribution is 2.40. The molecule has 2 atom stereocenters. The van der Waals surface area contributed by atoms with Gasteiger partial charge in [0.15, 0.2) is 0 Å². The summed E-state index contributed by atoms with van der Waals surface area (Å²) in [7, 11) is 0. The summed E-state index contributed by atoms with van der Waals surface area (Å²) in [6.45, 7) is 4.23. The van der Waals surface area contributed by atoms with Crippen LogP contribution >= 0.6 is 34.7 Å². The number of amides is 1. The standard InChI is InChI=1S/C26H25ClN4OS2/c1-3-21(25(32)31-26-19(14-28)18-11-10-16(2)13-23(18)34-26)33-22-9-5-4-8-20(22)30-15-17-7-6-12-29-24(17)27/h4-9,12,15-16,21H,3,10-11,13H2,1-2H3,(H,31,32)/t16-,21+/m1/s1. The van der Waals surface area contributed by atoms with Crippen molar-refractivity contribution >= 4 is 57.5 Å². The van der Waals surface area contributed by atoms with Crippen LogP contribution < -0.4 is 5.32 Å². The second-order valence-corrected chi connectivity index (χ2v) is 11.0. The number of carbonyl (C=O) groups excluding carboxylic acids is 1. The molecule has 1 aliphatic carbocycles. The number of carbonyl (C=O) groups is 1. The third kappa shape index (κ3) is 5.52. The topological polar surface area (TPSA) is 78.1 Å². The van der Waals surface area contributed by atoms with Crippen molar-refractivity contribution in [3.05, 3.63) is 69.3 Å². The summed E-state index contributed by atoms with van der Waals surface area (Å²) in [6.07, 6.45) is 6.93. The van der Waals surface area contributed by atoms with Crippen LogP contribution in [-0.4, -0.2) is 22.4 Å². The largest absolute Gasteiger partial charge is 0.316 e. The van der Waals surface area contributed by atoms with Crippen LogP contribution in [0.2, 0.25) is 5.15 Å². The number of hydrogen-bond acceptors (Lipinski definition) is 6. The molecule has 0 radical (unpaired) electrons. The molecule has 1 N–H and O–H groups in total. The number of nitrogens with one attached hydrogen (secondary N) is 1. The van der Waals surface area contributed by atoms with E-state index in [1.54, 1.807) is 23.7 Å². The first kappa shape index (κ1) is 24.5. The van der Waals surface area contributed by atoms with E-state index in [-0.39, 0.29) is 11.2 Å². The van der Waals surface area contributed by atoms with E-state index in [0.717, 1.165) is 41.0 Å². The lowest BCUT2D eigenvalue weighted by atomic mass is 9.88. The Bertz CT molecular complexity index is 1260. The number of halogens is 1. The Balaban J connectivity index is 1.52. The first-order chi connectivity index (χ1) is 16.5. The number of nitriles is 1. The number of aliphatic imine (C=N–C) groups is 1. The number of para-hydroxylation sites is 1. The lowest BCUT2D eigenvalue weighted by molar-refractivity contribution is -0.115. The van der Waals surface area contributed by atoms with Gasteiger partial charge in [-0.15, -0.1) is 23.1 Å². The van der Waals surface area contributed by atoms with Crippen LogP contribution in [0.25, 0.3) is 0 Å².